The largest absolute Gasteiger partial charge is 0.499 e. The summed E-state index contributed by atoms with van der Waals surface area (Å²) in [5.74, 6) is -1.04. The minimum Gasteiger partial charge on any atom is -0.426 e. The zero-order chi connectivity index (χ0) is 18.9. The summed E-state index contributed by atoms with van der Waals surface area (Å²) in [4.78, 5) is 7.66. The summed E-state index contributed by atoms with van der Waals surface area (Å²) >= 11 is 0. The molecule has 0 spiro atoms. The summed E-state index contributed by atoms with van der Waals surface area (Å²) < 4.78 is 66.2. The minimum absolute atomic E-state index is 0.278. The predicted octanol–water partition coefficient (Wildman–Crippen LogP) is 3.90. The number of aromatic nitrogens is 2. The lowest BCUT2D eigenvalue weighted by molar-refractivity contribution is -0.360. The molecule has 4 nitrogen and oxygen atoms in total. The molecule has 2 aromatic rings. The molecule has 9 heteroatoms. The van der Waals surface area contributed by atoms with Gasteiger partial charge in [0.1, 0.15) is 17.7 Å². The van der Waals surface area contributed by atoms with Crippen LogP contribution in [0.2, 0.25) is 0 Å². The zero-order valence-corrected chi connectivity index (χ0v) is 13.3. The average molecular weight is 362 g/mol. The van der Waals surface area contributed by atoms with Crippen molar-refractivity contribution in [1.82, 2.24) is 9.97 Å². The monoisotopic (exact) mass is 362 g/mol. The van der Waals surface area contributed by atoms with Crippen molar-refractivity contribution in [2.45, 2.75) is 31.7 Å². The van der Waals surface area contributed by atoms with Crippen molar-refractivity contribution < 1.29 is 31.8 Å². The number of nitrogens with zero attached hydrogens (tertiary/aromatic N) is 2. The van der Waals surface area contributed by atoms with E-state index < -0.39 is 23.6 Å². The third kappa shape index (κ3) is 3.71. The number of rotatable bonds is 5. The second kappa shape index (κ2) is 6.55. The summed E-state index contributed by atoms with van der Waals surface area (Å²) in [5, 5.41) is 11.0. The van der Waals surface area contributed by atoms with Gasteiger partial charge >= 0.3 is 12.3 Å². The van der Waals surface area contributed by atoms with Crippen LogP contribution in [0.25, 0.3) is 0 Å². The summed E-state index contributed by atoms with van der Waals surface area (Å²) in [6.07, 6.45) is -7.06. The highest BCUT2D eigenvalue weighted by molar-refractivity contribution is 5.37. The first-order valence-corrected chi connectivity index (χ1v) is 7.20. The van der Waals surface area contributed by atoms with E-state index >= 15 is 0 Å². The van der Waals surface area contributed by atoms with Gasteiger partial charge in [0, 0.05) is 18.0 Å². The fraction of sp³-hybridized carbons (Fsp3) is 0.375. The van der Waals surface area contributed by atoms with E-state index in [1.165, 1.54) is 30.9 Å². The fourth-order valence-electron chi connectivity index (χ4n) is 2.31. The van der Waals surface area contributed by atoms with E-state index in [0.29, 0.717) is 5.56 Å². The second-order valence-electron chi connectivity index (χ2n) is 5.69. The Labute approximate surface area is 140 Å². The molecule has 0 fully saturated rings. The molecule has 1 atom stereocenters. The van der Waals surface area contributed by atoms with Crippen molar-refractivity contribution in [3.05, 3.63) is 54.1 Å². The molecule has 0 radical (unpaired) electrons. The lowest BCUT2D eigenvalue weighted by atomic mass is 9.79. The highest BCUT2D eigenvalue weighted by Crippen LogP contribution is 2.39. The Balaban J connectivity index is 2.35. The van der Waals surface area contributed by atoms with Crippen molar-refractivity contribution >= 4 is 0 Å². The Morgan fingerprint density at radius 3 is 1.88 bits per heavy atom. The van der Waals surface area contributed by atoms with Crippen LogP contribution in [0.1, 0.15) is 25.0 Å². The van der Waals surface area contributed by atoms with Crippen molar-refractivity contribution in [2.75, 3.05) is 0 Å². The molecule has 0 bridgehead atoms. The maximum atomic E-state index is 12.9. The molecule has 0 aliphatic carbocycles. The van der Waals surface area contributed by atoms with Crippen LogP contribution in [0, 0.1) is 5.92 Å². The number of benzene rings is 1. The van der Waals surface area contributed by atoms with E-state index in [-0.39, 0.29) is 11.5 Å². The second-order valence-corrected chi connectivity index (χ2v) is 5.69. The normalized spacial score (nSPS) is 15.1. The summed E-state index contributed by atoms with van der Waals surface area (Å²) in [5.41, 5.74) is -0.911. The van der Waals surface area contributed by atoms with E-state index in [0.717, 1.165) is 12.1 Å². The van der Waals surface area contributed by atoms with Crippen molar-refractivity contribution in [2.24, 2.45) is 5.92 Å². The van der Waals surface area contributed by atoms with E-state index in [1.54, 1.807) is 13.8 Å². The van der Waals surface area contributed by atoms with E-state index in [9.17, 15) is 27.1 Å². The van der Waals surface area contributed by atoms with Gasteiger partial charge in [-0.3, -0.25) is 0 Å². The molecule has 1 aromatic heterocycles. The van der Waals surface area contributed by atoms with Crippen molar-refractivity contribution in [1.29, 1.82) is 0 Å². The van der Waals surface area contributed by atoms with Crippen LogP contribution in [0.5, 0.6) is 5.75 Å². The Bertz CT molecular complexity index is 705. The minimum atomic E-state index is -5.83. The number of aliphatic hydroxyl groups is 1. The van der Waals surface area contributed by atoms with E-state index in [4.69, 9.17) is 0 Å². The molecule has 0 amide bonds. The number of ether oxygens (including phenoxy) is 1. The Hall–Kier alpha value is -2.29. The molecule has 0 saturated heterocycles. The van der Waals surface area contributed by atoms with Crippen LogP contribution in [0.3, 0.4) is 0 Å². The molecular formula is C16H15F5N2O2. The van der Waals surface area contributed by atoms with Gasteiger partial charge in [0.25, 0.3) is 0 Å². The first kappa shape index (κ1) is 19.0. The topological polar surface area (TPSA) is 55.2 Å². The predicted molar refractivity (Wildman–Crippen MR) is 77.9 cm³/mol. The molecule has 1 N–H and O–H groups in total. The molecule has 0 saturated carbocycles. The molecular weight excluding hydrogens is 347 g/mol. The number of alkyl halides is 5. The molecule has 25 heavy (non-hydrogen) atoms. The van der Waals surface area contributed by atoms with E-state index in [1.807, 2.05) is 0 Å². The van der Waals surface area contributed by atoms with Crippen LogP contribution < -0.4 is 4.74 Å². The van der Waals surface area contributed by atoms with Crippen LogP contribution in [0.15, 0.2) is 43.0 Å². The number of hydrogen-bond donors (Lipinski definition) is 1. The molecule has 0 aliphatic rings. The quantitative estimate of drug-likeness (QED) is 0.820. The van der Waals surface area contributed by atoms with Gasteiger partial charge in [0.2, 0.25) is 0 Å². The van der Waals surface area contributed by atoms with Gasteiger partial charge in [-0.2, -0.15) is 22.0 Å². The maximum Gasteiger partial charge on any atom is 0.499 e. The van der Waals surface area contributed by atoms with E-state index in [2.05, 4.69) is 14.7 Å². The summed E-state index contributed by atoms with van der Waals surface area (Å²) in [7, 11) is 0. The van der Waals surface area contributed by atoms with Gasteiger partial charge in [0.05, 0.1) is 0 Å². The van der Waals surface area contributed by atoms with Crippen LogP contribution in [-0.2, 0) is 5.60 Å². The zero-order valence-electron chi connectivity index (χ0n) is 13.3. The van der Waals surface area contributed by atoms with Gasteiger partial charge in [-0.25, -0.2) is 9.97 Å². The SMILES string of the molecule is CC(C)C(O)(c1ccc(OC(F)(F)C(F)(F)F)cc1)c1cncnc1. The van der Waals surface area contributed by atoms with Gasteiger partial charge < -0.3 is 9.84 Å². The number of hydrogen-bond acceptors (Lipinski definition) is 4. The fourth-order valence-corrected chi connectivity index (χ4v) is 2.31. The maximum absolute atomic E-state index is 12.9. The van der Waals surface area contributed by atoms with Gasteiger partial charge in [-0.1, -0.05) is 26.0 Å². The van der Waals surface area contributed by atoms with Gasteiger partial charge in [0.15, 0.2) is 0 Å². The molecule has 0 aliphatic heterocycles. The smallest absolute Gasteiger partial charge is 0.426 e. The van der Waals surface area contributed by atoms with Crippen molar-refractivity contribution in [3.63, 3.8) is 0 Å². The number of halogens is 5. The standard InChI is InChI=1S/C16H15F5N2O2/c1-10(2)14(24,12-7-22-9-23-8-12)11-3-5-13(6-4-11)25-16(20,21)15(17,18)19/h3-10,24H,1-2H3. The Morgan fingerprint density at radius 2 is 1.44 bits per heavy atom. The highest BCUT2D eigenvalue weighted by atomic mass is 19.4. The molecule has 1 aromatic carbocycles. The third-order valence-electron chi connectivity index (χ3n) is 3.71. The average Bonchev–Trinajstić information content (AvgIpc) is 2.54. The van der Waals surface area contributed by atoms with Crippen LogP contribution in [0.4, 0.5) is 22.0 Å². The van der Waals surface area contributed by atoms with Gasteiger partial charge in [-0.15, -0.1) is 0 Å². The van der Waals surface area contributed by atoms with Crippen LogP contribution in [-0.4, -0.2) is 27.4 Å². The summed E-state index contributed by atoms with van der Waals surface area (Å²) in [6, 6.07) is 4.31. The molecule has 2 rings (SSSR count). The van der Waals surface area contributed by atoms with Crippen LogP contribution >= 0.6 is 0 Å². The highest BCUT2D eigenvalue weighted by Gasteiger charge is 2.61. The van der Waals surface area contributed by atoms with Crippen molar-refractivity contribution in [3.8, 4) is 5.75 Å². The molecule has 136 valence electrons. The summed E-state index contributed by atoms with van der Waals surface area (Å²) in [6.45, 7) is 3.43. The first-order chi connectivity index (χ1) is 11.5. The van der Waals surface area contributed by atoms with Gasteiger partial charge in [-0.05, 0) is 23.6 Å². The lowest BCUT2D eigenvalue weighted by Gasteiger charge is -2.33. The first-order valence-electron chi connectivity index (χ1n) is 7.20. The third-order valence-corrected chi connectivity index (χ3v) is 3.71. The lowest BCUT2D eigenvalue weighted by Crippen LogP contribution is -2.41. The Morgan fingerprint density at radius 1 is 0.920 bits per heavy atom. The Kier molecular flexibility index (Phi) is 4.99. The molecule has 1 unspecified atom stereocenters. The molecule has 1 heterocycles.